The molecule has 1 aromatic heterocycles. The largest absolute Gasteiger partial charge is 0.494 e. The smallest absolute Gasteiger partial charge is 0.123 e. The highest BCUT2D eigenvalue weighted by Gasteiger charge is 2.20. The van der Waals surface area contributed by atoms with E-state index in [0.29, 0.717) is 12.3 Å². The summed E-state index contributed by atoms with van der Waals surface area (Å²) in [5, 5.41) is 12.7. The van der Waals surface area contributed by atoms with Crippen LogP contribution in [0.2, 0.25) is 0 Å². The monoisotopic (exact) mass is 263 g/mol. The fourth-order valence-corrected chi connectivity index (χ4v) is 2.55. The molecule has 0 atom stereocenters. The Balaban J connectivity index is 2.31. The molecule has 1 heterocycles. The summed E-state index contributed by atoms with van der Waals surface area (Å²) in [5.74, 6) is 0.843. The molecule has 0 radical (unpaired) electrons. The highest BCUT2D eigenvalue weighted by atomic mass is 32.1. The van der Waals surface area contributed by atoms with Crippen LogP contribution in [0.1, 0.15) is 26.5 Å². The zero-order valence-electron chi connectivity index (χ0n) is 10.8. The average molecular weight is 263 g/mol. The number of aromatic nitrogens is 1. The first-order valence-electron chi connectivity index (χ1n) is 5.92. The van der Waals surface area contributed by atoms with Crippen LogP contribution in [0, 0.1) is 0 Å². The second kappa shape index (κ2) is 5.08. The third kappa shape index (κ3) is 2.89. The van der Waals surface area contributed by atoms with Gasteiger partial charge in [-0.05, 0) is 32.9 Å². The van der Waals surface area contributed by atoms with Crippen LogP contribution in [-0.2, 0) is 5.60 Å². The lowest BCUT2D eigenvalue weighted by Gasteiger charge is -2.13. The van der Waals surface area contributed by atoms with Gasteiger partial charge in [-0.1, -0.05) is 12.1 Å². The number of benzene rings is 1. The van der Waals surface area contributed by atoms with E-state index < -0.39 is 5.60 Å². The fourth-order valence-electron chi connectivity index (χ4n) is 1.57. The lowest BCUT2D eigenvalue weighted by Crippen LogP contribution is -2.15. The Bertz CT molecular complexity index is 529. The van der Waals surface area contributed by atoms with E-state index in [4.69, 9.17) is 4.74 Å². The highest BCUT2D eigenvalue weighted by molar-refractivity contribution is 7.13. The molecule has 96 valence electrons. The van der Waals surface area contributed by atoms with Gasteiger partial charge in [0.1, 0.15) is 16.4 Å². The predicted molar refractivity (Wildman–Crippen MR) is 74.0 cm³/mol. The molecule has 0 spiro atoms. The van der Waals surface area contributed by atoms with Gasteiger partial charge in [-0.3, -0.25) is 0 Å². The van der Waals surface area contributed by atoms with Crippen molar-refractivity contribution < 1.29 is 9.84 Å². The van der Waals surface area contributed by atoms with Crippen LogP contribution in [0.4, 0.5) is 0 Å². The van der Waals surface area contributed by atoms with E-state index in [9.17, 15) is 5.11 Å². The molecule has 0 amide bonds. The molecule has 2 rings (SSSR count). The van der Waals surface area contributed by atoms with Crippen molar-refractivity contribution in [1.29, 1.82) is 0 Å². The summed E-state index contributed by atoms with van der Waals surface area (Å²) in [6.07, 6.45) is 0. The molecule has 0 aliphatic carbocycles. The summed E-state index contributed by atoms with van der Waals surface area (Å²) in [6, 6.07) is 7.84. The molecule has 1 aromatic carbocycles. The first kappa shape index (κ1) is 13.1. The molecule has 0 saturated carbocycles. The van der Waals surface area contributed by atoms with Crippen LogP contribution in [0.5, 0.6) is 5.75 Å². The van der Waals surface area contributed by atoms with E-state index in [2.05, 4.69) is 4.98 Å². The van der Waals surface area contributed by atoms with Crippen molar-refractivity contribution in [2.45, 2.75) is 26.4 Å². The summed E-state index contributed by atoms with van der Waals surface area (Å²) < 4.78 is 5.47. The van der Waals surface area contributed by atoms with E-state index in [1.807, 2.05) is 36.6 Å². The van der Waals surface area contributed by atoms with Gasteiger partial charge in [0.05, 0.1) is 12.3 Å². The van der Waals surface area contributed by atoms with Gasteiger partial charge in [-0.15, -0.1) is 11.3 Å². The molecule has 4 heteroatoms. The van der Waals surface area contributed by atoms with Crippen molar-refractivity contribution in [2.75, 3.05) is 6.61 Å². The Morgan fingerprint density at radius 2 is 2.17 bits per heavy atom. The Hall–Kier alpha value is -1.39. The first-order valence-corrected chi connectivity index (χ1v) is 6.80. The third-order valence-electron chi connectivity index (χ3n) is 2.52. The number of rotatable bonds is 4. The maximum atomic E-state index is 9.91. The molecule has 1 N–H and O–H groups in total. The number of hydrogen-bond acceptors (Lipinski definition) is 4. The Morgan fingerprint density at radius 1 is 1.39 bits per heavy atom. The van der Waals surface area contributed by atoms with Gasteiger partial charge in [0, 0.05) is 10.9 Å². The molecule has 0 bridgehead atoms. The minimum absolute atomic E-state index is 0.649. The number of ether oxygens (including phenoxy) is 1. The molecular formula is C14H17NO2S. The Kier molecular flexibility index (Phi) is 3.68. The predicted octanol–water partition coefficient (Wildman–Crippen LogP) is 3.44. The van der Waals surface area contributed by atoms with Crippen molar-refractivity contribution in [2.24, 2.45) is 0 Å². The molecule has 2 aromatic rings. The molecular weight excluding hydrogens is 246 g/mol. The van der Waals surface area contributed by atoms with E-state index in [0.717, 1.165) is 16.3 Å². The van der Waals surface area contributed by atoms with E-state index in [1.165, 1.54) is 11.3 Å². The van der Waals surface area contributed by atoms with Gasteiger partial charge in [0.15, 0.2) is 0 Å². The SMILES string of the molecule is CCOc1cccc(-c2nc(C(C)(C)O)cs2)c1. The minimum Gasteiger partial charge on any atom is -0.494 e. The van der Waals surface area contributed by atoms with Gasteiger partial charge >= 0.3 is 0 Å². The average Bonchev–Trinajstić information content (AvgIpc) is 2.78. The summed E-state index contributed by atoms with van der Waals surface area (Å²) >= 11 is 1.53. The number of hydrogen-bond donors (Lipinski definition) is 1. The molecule has 0 fully saturated rings. The summed E-state index contributed by atoms with van der Waals surface area (Å²) in [4.78, 5) is 4.47. The van der Waals surface area contributed by atoms with Crippen LogP contribution in [0.25, 0.3) is 10.6 Å². The van der Waals surface area contributed by atoms with Gasteiger partial charge in [0.25, 0.3) is 0 Å². The van der Waals surface area contributed by atoms with E-state index in [1.54, 1.807) is 13.8 Å². The number of thiazole rings is 1. The second-order valence-corrected chi connectivity index (χ2v) is 5.42. The van der Waals surface area contributed by atoms with Crippen LogP contribution in [0.3, 0.4) is 0 Å². The van der Waals surface area contributed by atoms with Gasteiger partial charge in [-0.2, -0.15) is 0 Å². The van der Waals surface area contributed by atoms with Gasteiger partial charge in [0.2, 0.25) is 0 Å². The van der Waals surface area contributed by atoms with Crippen molar-refractivity contribution in [1.82, 2.24) is 4.98 Å². The van der Waals surface area contributed by atoms with Crippen molar-refractivity contribution in [3.8, 4) is 16.3 Å². The zero-order chi connectivity index (χ0) is 13.2. The molecule has 0 aliphatic rings. The maximum Gasteiger partial charge on any atom is 0.123 e. The van der Waals surface area contributed by atoms with E-state index >= 15 is 0 Å². The van der Waals surface area contributed by atoms with Crippen molar-refractivity contribution in [3.05, 3.63) is 35.3 Å². The molecule has 3 nitrogen and oxygen atoms in total. The molecule has 0 saturated heterocycles. The van der Waals surface area contributed by atoms with Crippen LogP contribution >= 0.6 is 11.3 Å². The standard InChI is InChI=1S/C14H17NO2S/c1-4-17-11-7-5-6-10(8-11)13-15-12(9-18-13)14(2,3)16/h5-9,16H,4H2,1-3H3. The third-order valence-corrected chi connectivity index (χ3v) is 3.41. The maximum absolute atomic E-state index is 9.91. The number of nitrogens with zero attached hydrogens (tertiary/aromatic N) is 1. The fraction of sp³-hybridized carbons (Fsp3) is 0.357. The van der Waals surface area contributed by atoms with Crippen molar-refractivity contribution in [3.63, 3.8) is 0 Å². The second-order valence-electron chi connectivity index (χ2n) is 4.56. The minimum atomic E-state index is -0.897. The summed E-state index contributed by atoms with van der Waals surface area (Å²) in [5.41, 5.74) is 0.817. The Labute approximate surface area is 111 Å². The summed E-state index contributed by atoms with van der Waals surface area (Å²) in [7, 11) is 0. The first-order chi connectivity index (χ1) is 8.50. The lowest BCUT2D eigenvalue weighted by molar-refractivity contribution is 0.0746. The van der Waals surface area contributed by atoms with Crippen LogP contribution < -0.4 is 4.74 Å². The summed E-state index contributed by atoms with van der Waals surface area (Å²) in [6.45, 7) is 6.09. The molecule has 0 unspecified atom stereocenters. The van der Waals surface area contributed by atoms with E-state index in [-0.39, 0.29) is 0 Å². The quantitative estimate of drug-likeness (QED) is 0.918. The normalized spacial score (nSPS) is 11.6. The van der Waals surface area contributed by atoms with Crippen LogP contribution in [-0.4, -0.2) is 16.7 Å². The van der Waals surface area contributed by atoms with Crippen molar-refractivity contribution >= 4 is 11.3 Å². The lowest BCUT2D eigenvalue weighted by atomic mass is 10.1. The Morgan fingerprint density at radius 3 is 2.78 bits per heavy atom. The van der Waals surface area contributed by atoms with Crippen LogP contribution in [0.15, 0.2) is 29.6 Å². The topological polar surface area (TPSA) is 42.4 Å². The molecule has 18 heavy (non-hydrogen) atoms. The van der Waals surface area contributed by atoms with Gasteiger partial charge < -0.3 is 9.84 Å². The molecule has 0 aliphatic heterocycles. The van der Waals surface area contributed by atoms with Gasteiger partial charge in [-0.25, -0.2) is 4.98 Å². The number of aliphatic hydroxyl groups is 1. The zero-order valence-corrected chi connectivity index (χ0v) is 11.6. The highest BCUT2D eigenvalue weighted by Crippen LogP contribution is 2.30.